The molecule has 4 atom stereocenters. The molecule has 31 heavy (non-hydrogen) atoms. The minimum absolute atomic E-state index is 0.138. The van der Waals surface area contributed by atoms with E-state index in [0.29, 0.717) is 31.3 Å². The van der Waals surface area contributed by atoms with Crippen LogP contribution in [0.1, 0.15) is 52.9 Å². The maximum Gasteiger partial charge on any atom is 0.333 e. The van der Waals surface area contributed by atoms with Gasteiger partial charge in [0.1, 0.15) is 16.6 Å². The Morgan fingerprint density at radius 1 is 1.26 bits per heavy atom. The van der Waals surface area contributed by atoms with Crippen molar-refractivity contribution in [3.63, 3.8) is 0 Å². The Kier molecular flexibility index (Phi) is 5.86. The molecule has 0 aromatic rings. The lowest BCUT2D eigenvalue weighted by Crippen LogP contribution is -2.65. The summed E-state index contributed by atoms with van der Waals surface area (Å²) >= 11 is 0. The molecule has 2 fully saturated rings. The van der Waals surface area contributed by atoms with E-state index in [-0.39, 0.29) is 17.9 Å². The van der Waals surface area contributed by atoms with Gasteiger partial charge in [0.05, 0.1) is 7.11 Å². The third kappa shape index (κ3) is 3.58. The predicted molar refractivity (Wildman–Crippen MR) is 109 cm³/mol. The molecule has 1 saturated heterocycles. The van der Waals surface area contributed by atoms with E-state index in [1.54, 1.807) is 25.2 Å². The number of ether oxygens (including phenoxy) is 3. The van der Waals surface area contributed by atoms with Crippen LogP contribution < -0.4 is 0 Å². The number of esters is 3. The smallest absolute Gasteiger partial charge is 0.333 e. The van der Waals surface area contributed by atoms with E-state index in [4.69, 9.17) is 19.3 Å². The van der Waals surface area contributed by atoms with Crippen LogP contribution in [0.4, 0.5) is 0 Å². The average molecular weight is 432 g/mol. The zero-order valence-corrected chi connectivity index (χ0v) is 18.2. The van der Waals surface area contributed by atoms with Gasteiger partial charge in [0, 0.05) is 24.0 Å². The standard InChI is InChI=1S/C23H28O8/c1-14(18(25)26)6-5-10-21(3)17-9-12-22(20(28)31-21)11-7-16(19(27)29-4)8-13-23(17,22)30-15(2)24/h5-7,10,17H,8-9,11-13H2,1-4H3,(H,25,26)/t17-,21+,22+,23-/m0/s1. The third-order valence-corrected chi connectivity index (χ3v) is 6.97. The van der Waals surface area contributed by atoms with E-state index < -0.39 is 40.5 Å². The van der Waals surface area contributed by atoms with Crippen LogP contribution in [0, 0.1) is 11.3 Å². The minimum atomic E-state index is -1.13. The van der Waals surface area contributed by atoms with Crippen LogP contribution in [0.2, 0.25) is 0 Å². The molecule has 1 N–H and O–H groups in total. The van der Waals surface area contributed by atoms with E-state index in [1.807, 2.05) is 0 Å². The highest BCUT2D eigenvalue weighted by atomic mass is 16.6. The summed E-state index contributed by atoms with van der Waals surface area (Å²) in [5.41, 5.74) is -2.71. The molecule has 1 heterocycles. The molecule has 2 bridgehead atoms. The molecule has 1 aliphatic heterocycles. The van der Waals surface area contributed by atoms with Crippen molar-refractivity contribution in [3.05, 3.63) is 35.5 Å². The highest BCUT2D eigenvalue weighted by Crippen LogP contribution is 2.65. The van der Waals surface area contributed by atoms with E-state index in [9.17, 15) is 19.2 Å². The van der Waals surface area contributed by atoms with Crippen molar-refractivity contribution in [2.45, 2.75) is 64.1 Å². The fourth-order valence-corrected chi connectivity index (χ4v) is 5.45. The van der Waals surface area contributed by atoms with Gasteiger partial charge in [0.25, 0.3) is 0 Å². The molecule has 1 saturated carbocycles. The molecule has 168 valence electrons. The molecule has 0 unspecified atom stereocenters. The first-order valence-corrected chi connectivity index (χ1v) is 10.3. The Hall–Kier alpha value is -2.90. The van der Waals surface area contributed by atoms with Gasteiger partial charge in [-0.15, -0.1) is 0 Å². The lowest BCUT2D eigenvalue weighted by molar-refractivity contribution is -0.235. The van der Waals surface area contributed by atoms with Crippen LogP contribution in [0.5, 0.6) is 0 Å². The van der Waals surface area contributed by atoms with Crippen molar-refractivity contribution in [2.75, 3.05) is 7.11 Å². The molecule has 3 rings (SSSR count). The van der Waals surface area contributed by atoms with Crippen molar-refractivity contribution < 1.29 is 38.5 Å². The van der Waals surface area contributed by atoms with Crippen LogP contribution in [-0.4, -0.2) is 47.3 Å². The fourth-order valence-electron chi connectivity index (χ4n) is 5.45. The van der Waals surface area contributed by atoms with Crippen molar-refractivity contribution in [2.24, 2.45) is 11.3 Å². The lowest BCUT2D eigenvalue weighted by Gasteiger charge is -2.54. The van der Waals surface area contributed by atoms with Gasteiger partial charge in [0.2, 0.25) is 0 Å². The second kappa shape index (κ2) is 7.98. The minimum Gasteiger partial charge on any atom is -0.478 e. The number of carboxylic acid groups (broad SMARTS) is 1. The summed E-state index contributed by atoms with van der Waals surface area (Å²) in [7, 11) is 1.30. The SMILES string of the molecule is COC(=O)C1=CC[C@@]23CC[C@@H]([C@@](C)(C=CC=C(C)C(=O)O)OC2=O)[C@@]3(OC(C)=O)CC1. The second-order valence-electron chi connectivity index (χ2n) is 8.67. The lowest BCUT2D eigenvalue weighted by atomic mass is 9.62. The summed E-state index contributed by atoms with van der Waals surface area (Å²) in [6, 6.07) is 0. The zero-order valence-electron chi connectivity index (χ0n) is 18.2. The number of methoxy groups -OCH3 is 1. The van der Waals surface area contributed by atoms with Crippen LogP contribution in [0.15, 0.2) is 35.5 Å². The van der Waals surface area contributed by atoms with Crippen LogP contribution in [0.25, 0.3) is 0 Å². The quantitative estimate of drug-likeness (QED) is 0.305. The highest BCUT2D eigenvalue weighted by molar-refractivity contribution is 5.89. The number of carbonyl (C=O) groups is 4. The first-order valence-electron chi connectivity index (χ1n) is 10.3. The monoisotopic (exact) mass is 432 g/mol. The number of carboxylic acids is 1. The Bertz CT molecular complexity index is 913. The van der Waals surface area contributed by atoms with Gasteiger partial charge in [-0.2, -0.15) is 0 Å². The number of aliphatic carboxylic acids is 1. The summed E-state index contributed by atoms with van der Waals surface area (Å²) in [6.45, 7) is 4.53. The number of allylic oxidation sites excluding steroid dienone is 3. The Balaban J connectivity index is 2.07. The van der Waals surface area contributed by atoms with Crippen molar-refractivity contribution in [1.82, 2.24) is 0 Å². The van der Waals surface area contributed by atoms with Gasteiger partial charge < -0.3 is 19.3 Å². The molecule has 8 nitrogen and oxygen atoms in total. The summed E-state index contributed by atoms with van der Waals surface area (Å²) in [5, 5.41) is 9.06. The zero-order chi connectivity index (χ0) is 23.0. The number of hydrogen-bond donors (Lipinski definition) is 1. The Labute approximate surface area is 180 Å². The Morgan fingerprint density at radius 2 is 1.97 bits per heavy atom. The predicted octanol–water partition coefficient (Wildman–Crippen LogP) is 2.87. The summed E-state index contributed by atoms with van der Waals surface area (Å²) < 4.78 is 16.7. The van der Waals surface area contributed by atoms with E-state index in [0.717, 1.165) is 0 Å². The maximum absolute atomic E-state index is 13.4. The van der Waals surface area contributed by atoms with E-state index in [1.165, 1.54) is 27.0 Å². The molecule has 0 amide bonds. The topological polar surface area (TPSA) is 116 Å². The number of rotatable bonds is 5. The normalized spacial score (nSPS) is 35.0. The molecule has 0 spiro atoms. The van der Waals surface area contributed by atoms with Gasteiger partial charge in [-0.3, -0.25) is 9.59 Å². The van der Waals surface area contributed by atoms with Crippen molar-refractivity contribution in [1.29, 1.82) is 0 Å². The van der Waals surface area contributed by atoms with Gasteiger partial charge in [-0.1, -0.05) is 18.2 Å². The molecule has 0 aromatic carbocycles. The van der Waals surface area contributed by atoms with Gasteiger partial charge in [-0.25, -0.2) is 9.59 Å². The first kappa shape index (κ1) is 22.8. The second-order valence-corrected chi connectivity index (χ2v) is 8.67. The van der Waals surface area contributed by atoms with Crippen LogP contribution in [-0.2, 0) is 33.4 Å². The largest absolute Gasteiger partial charge is 0.478 e. The summed E-state index contributed by atoms with van der Waals surface area (Å²) in [6.07, 6.45) is 8.21. The molecular weight excluding hydrogens is 404 g/mol. The number of hydrogen-bond acceptors (Lipinski definition) is 7. The molecule has 0 aromatic heterocycles. The third-order valence-electron chi connectivity index (χ3n) is 6.97. The molecule has 3 aliphatic rings. The van der Waals surface area contributed by atoms with Crippen molar-refractivity contribution in [3.8, 4) is 0 Å². The summed E-state index contributed by atoms with van der Waals surface area (Å²) in [4.78, 5) is 48.8. The number of cyclic esters (lactones) is 1. The first-order chi connectivity index (χ1) is 14.5. The molecule has 2 aliphatic carbocycles. The van der Waals surface area contributed by atoms with Crippen LogP contribution >= 0.6 is 0 Å². The van der Waals surface area contributed by atoms with E-state index >= 15 is 0 Å². The van der Waals surface area contributed by atoms with Crippen LogP contribution in [0.3, 0.4) is 0 Å². The molecule has 8 heteroatoms. The number of carbonyl (C=O) groups excluding carboxylic acids is 3. The van der Waals surface area contributed by atoms with Crippen molar-refractivity contribution >= 4 is 23.9 Å². The van der Waals surface area contributed by atoms with Gasteiger partial charge in [-0.05, 0) is 52.0 Å². The fraction of sp³-hybridized carbons (Fsp3) is 0.565. The maximum atomic E-state index is 13.4. The Morgan fingerprint density at radius 3 is 2.58 bits per heavy atom. The average Bonchev–Trinajstić information content (AvgIpc) is 2.84. The van der Waals surface area contributed by atoms with E-state index in [2.05, 4.69) is 0 Å². The summed E-state index contributed by atoms with van der Waals surface area (Å²) in [5.74, 6) is -2.83. The highest BCUT2D eigenvalue weighted by Gasteiger charge is 2.74. The van der Waals surface area contributed by atoms with Gasteiger partial charge in [0.15, 0.2) is 0 Å². The molecular formula is C23H28O8. The molecule has 0 radical (unpaired) electrons. The van der Waals surface area contributed by atoms with Gasteiger partial charge >= 0.3 is 23.9 Å².